The van der Waals surface area contributed by atoms with Crippen molar-refractivity contribution in [3.8, 4) is 0 Å². The van der Waals surface area contributed by atoms with E-state index in [0.717, 1.165) is 16.9 Å². The Balaban J connectivity index is 1.67. The normalized spacial score (nSPS) is 10.5. The van der Waals surface area contributed by atoms with Gasteiger partial charge in [-0.1, -0.05) is 47.5 Å². The van der Waals surface area contributed by atoms with Crippen LogP contribution >= 0.6 is 11.3 Å². The Labute approximate surface area is 140 Å². The third-order valence-electron chi connectivity index (χ3n) is 3.55. The molecule has 1 heterocycles. The van der Waals surface area contributed by atoms with Gasteiger partial charge in [-0.15, -0.1) is 11.3 Å². The fourth-order valence-corrected chi connectivity index (χ4v) is 3.19. The number of carbonyl (C=O) groups excluding carboxylic acids is 1. The Kier molecular flexibility index (Phi) is 4.53. The Hall–Kier alpha value is -2.46. The van der Waals surface area contributed by atoms with E-state index in [-0.39, 0.29) is 5.91 Å². The molecule has 0 aliphatic rings. The number of nitrogens with one attached hydrogen (secondary N) is 1. The number of amides is 1. The number of hydrogen-bond acceptors (Lipinski definition) is 3. The summed E-state index contributed by atoms with van der Waals surface area (Å²) in [6.07, 6.45) is 2.66. The molecule has 3 rings (SSSR count). The summed E-state index contributed by atoms with van der Waals surface area (Å²) in [4.78, 5) is 17.6. The van der Waals surface area contributed by atoms with Crippen LogP contribution in [-0.4, -0.2) is 10.9 Å². The van der Waals surface area contributed by atoms with E-state index in [4.69, 9.17) is 0 Å². The van der Waals surface area contributed by atoms with E-state index in [9.17, 15) is 4.79 Å². The van der Waals surface area contributed by atoms with Gasteiger partial charge in [-0.25, -0.2) is 4.98 Å². The molecule has 0 saturated heterocycles. The standard InChI is InChI=1S/C19H18N2OS/c1-13-6-8-16(9-7-13)18(22)21-19-20-12-17(23-19)11-15-5-3-4-14(2)10-15/h3-10,12H,11H2,1-2H3,(H,20,21,22). The second-order valence-electron chi connectivity index (χ2n) is 5.62. The van der Waals surface area contributed by atoms with Crippen molar-refractivity contribution in [2.24, 2.45) is 0 Å². The summed E-state index contributed by atoms with van der Waals surface area (Å²) in [6.45, 7) is 4.09. The minimum Gasteiger partial charge on any atom is -0.298 e. The highest BCUT2D eigenvalue weighted by molar-refractivity contribution is 7.15. The Morgan fingerprint density at radius 1 is 1.09 bits per heavy atom. The second-order valence-corrected chi connectivity index (χ2v) is 6.73. The molecule has 3 nitrogen and oxygen atoms in total. The summed E-state index contributed by atoms with van der Waals surface area (Å²) in [7, 11) is 0. The fourth-order valence-electron chi connectivity index (χ4n) is 2.34. The Morgan fingerprint density at radius 3 is 2.61 bits per heavy atom. The predicted molar refractivity (Wildman–Crippen MR) is 95.2 cm³/mol. The highest BCUT2D eigenvalue weighted by Gasteiger charge is 2.09. The molecule has 116 valence electrons. The van der Waals surface area contributed by atoms with Crippen LogP contribution in [0, 0.1) is 13.8 Å². The van der Waals surface area contributed by atoms with Crippen molar-refractivity contribution >= 4 is 22.4 Å². The first-order chi connectivity index (χ1) is 11.1. The first-order valence-electron chi connectivity index (χ1n) is 7.48. The highest BCUT2D eigenvalue weighted by atomic mass is 32.1. The summed E-state index contributed by atoms with van der Waals surface area (Å²) < 4.78 is 0. The van der Waals surface area contributed by atoms with E-state index in [0.29, 0.717) is 10.7 Å². The minimum absolute atomic E-state index is 0.124. The molecule has 0 aliphatic carbocycles. The predicted octanol–water partition coefficient (Wildman–Crippen LogP) is 4.60. The van der Waals surface area contributed by atoms with Gasteiger partial charge in [0.15, 0.2) is 5.13 Å². The van der Waals surface area contributed by atoms with Crippen LogP contribution in [0.5, 0.6) is 0 Å². The SMILES string of the molecule is Cc1ccc(C(=O)Nc2ncc(Cc3cccc(C)c3)s2)cc1. The first kappa shape index (κ1) is 15.4. The van der Waals surface area contributed by atoms with Gasteiger partial charge in [-0.2, -0.15) is 0 Å². The molecule has 2 aromatic carbocycles. The molecule has 0 bridgehead atoms. The number of hydrogen-bond donors (Lipinski definition) is 1. The number of anilines is 1. The van der Waals surface area contributed by atoms with Crippen LogP contribution < -0.4 is 5.32 Å². The molecule has 4 heteroatoms. The largest absolute Gasteiger partial charge is 0.298 e. The number of carbonyl (C=O) groups is 1. The van der Waals surface area contributed by atoms with Gasteiger partial charge < -0.3 is 0 Å². The average Bonchev–Trinajstić information content (AvgIpc) is 2.95. The molecule has 0 fully saturated rings. The van der Waals surface area contributed by atoms with Crippen LogP contribution in [0.2, 0.25) is 0 Å². The van der Waals surface area contributed by atoms with E-state index in [1.807, 2.05) is 37.4 Å². The summed E-state index contributed by atoms with van der Waals surface area (Å²) >= 11 is 1.52. The van der Waals surface area contributed by atoms with Crippen LogP contribution in [0.1, 0.15) is 31.9 Å². The van der Waals surface area contributed by atoms with Crippen molar-refractivity contribution in [3.05, 3.63) is 81.9 Å². The topological polar surface area (TPSA) is 42.0 Å². The second kappa shape index (κ2) is 6.75. The summed E-state index contributed by atoms with van der Waals surface area (Å²) in [5.41, 5.74) is 4.28. The summed E-state index contributed by atoms with van der Waals surface area (Å²) in [6, 6.07) is 15.9. The van der Waals surface area contributed by atoms with E-state index < -0.39 is 0 Å². The van der Waals surface area contributed by atoms with E-state index in [1.165, 1.54) is 22.5 Å². The third-order valence-corrected chi connectivity index (χ3v) is 4.46. The number of aryl methyl sites for hydroxylation is 2. The minimum atomic E-state index is -0.124. The van der Waals surface area contributed by atoms with Crippen molar-refractivity contribution in [2.45, 2.75) is 20.3 Å². The van der Waals surface area contributed by atoms with Crippen LogP contribution in [0.4, 0.5) is 5.13 Å². The number of aromatic nitrogens is 1. The van der Waals surface area contributed by atoms with Gasteiger partial charge in [-0.05, 0) is 31.5 Å². The molecule has 0 saturated carbocycles. The Bertz CT molecular complexity index is 821. The molecule has 1 aromatic heterocycles. The maximum Gasteiger partial charge on any atom is 0.257 e. The molecule has 23 heavy (non-hydrogen) atoms. The molecular formula is C19H18N2OS. The van der Waals surface area contributed by atoms with Gasteiger partial charge in [0, 0.05) is 23.1 Å². The van der Waals surface area contributed by atoms with Gasteiger partial charge in [0.05, 0.1) is 0 Å². The van der Waals surface area contributed by atoms with Crippen LogP contribution in [-0.2, 0) is 6.42 Å². The number of benzene rings is 2. The molecule has 1 N–H and O–H groups in total. The third kappa shape index (κ3) is 4.05. The number of nitrogens with zero attached hydrogens (tertiary/aromatic N) is 1. The van der Waals surface area contributed by atoms with Crippen LogP contribution in [0.15, 0.2) is 54.7 Å². The fraction of sp³-hybridized carbons (Fsp3) is 0.158. The van der Waals surface area contributed by atoms with E-state index in [2.05, 4.69) is 41.5 Å². The molecule has 1 amide bonds. The van der Waals surface area contributed by atoms with Crippen molar-refractivity contribution in [3.63, 3.8) is 0 Å². The van der Waals surface area contributed by atoms with Crippen molar-refractivity contribution < 1.29 is 4.79 Å². The zero-order chi connectivity index (χ0) is 16.2. The lowest BCUT2D eigenvalue weighted by molar-refractivity contribution is 0.102. The molecule has 0 atom stereocenters. The lowest BCUT2D eigenvalue weighted by atomic mass is 10.1. The molecular weight excluding hydrogens is 304 g/mol. The van der Waals surface area contributed by atoms with Gasteiger partial charge in [0.2, 0.25) is 0 Å². The lowest BCUT2D eigenvalue weighted by Gasteiger charge is -2.02. The lowest BCUT2D eigenvalue weighted by Crippen LogP contribution is -2.11. The molecule has 0 spiro atoms. The van der Waals surface area contributed by atoms with Gasteiger partial charge in [-0.3, -0.25) is 10.1 Å². The van der Waals surface area contributed by atoms with E-state index >= 15 is 0 Å². The smallest absolute Gasteiger partial charge is 0.257 e. The quantitative estimate of drug-likeness (QED) is 0.762. The summed E-state index contributed by atoms with van der Waals surface area (Å²) in [5, 5.41) is 3.50. The van der Waals surface area contributed by atoms with Gasteiger partial charge >= 0.3 is 0 Å². The highest BCUT2D eigenvalue weighted by Crippen LogP contribution is 2.22. The van der Waals surface area contributed by atoms with Crippen LogP contribution in [0.25, 0.3) is 0 Å². The monoisotopic (exact) mass is 322 g/mol. The zero-order valence-corrected chi connectivity index (χ0v) is 14.0. The first-order valence-corrected chi connectivity index (χ1v) is 8.30. The van der Waals surface area contributed by atoms with Crippen molar-refractivity contribution in [1.29, 1.82) is 0 Å². The maximum atomic E-state index is 12.2. The van der Waals surface area contributed by atoms with Crippen molar-refractivity contribution in [2.75, 3.05) is 5.32 Å². The molecule has 3 aromatic rings. The van der Waals surface area contributed by atoms with Crippen LogP contribution in [0.3, 0.4) is 0 Å². The summed E-state index contributed by atoms with van der Waals surface area (Å²) in [5.74, 6) is -0.124. The number of rotatable bonds is 4. The Morgan fingerprint density at radius 2 is 1.87 bits per heavy atom. The maximum absolute atomic E-state index is 12.2. The zero-order valence-electron chi connectivity index (χ0n) is 13.2. The van der Waals surface area contributed by atoms with Crippen molar-refractivity contribution in [1.82, 2.24) is 4.98 Å². The van der Waals surface area contributed by atoms with E-state index in [1.54, 1.807) is 0 Å². The number of thiazole rings is 1. The average molecular weight is 322 g/mol. The van der Waals surface area contributed by atoms with Gasteiger partial charge in [0.25, 0.3) is 5.91 Å². The molecule has 0 unspecified atom stereocenters. The van der Waals surface area contributed by atoms with Gasteiger partial charge in [0.1, 0.15) is 0 Å². The molecule has 0 radical (unpaired) electrons. The molecule has 0 aliphatic heterocycles.